The molecule has 0 aliphatic rings. The third-order valence-corrected chi connectivity index (χ3v) is 2.03. The van der Waals surface area contributed by atoms with E-state index in [0.29, 0.717) is 0 Å². The third-order valence-electron chi connectivity index (χ3n) is 2.03. The lowest BCUT2D eigenvalue weighted by atomic mass is 10.2. The van der Waals surface area contributed by atoms with Crippen LogP contribution in [0.25, 0.3) is 5.69 Å². The van der Waals surface area contributed by atoms with Gasteiger partial charge in [0.05, 0.1) is 18.1 Å². The highest BCUT2D eigenvalue weighted by Crippen LogP contribution is 2.14. The standard InChI is InChI=1S/C11H10N2O3/c1-8-3-2-4-9(5-8)13-7-10(6-12-13)16-11(14)15/h2-7H,1H3,(H,14,15). The zero-order valence-corrected chi connectivity index (χ0v) is 8.62. The molecular formula is C11H10N2O3. The minimum absolute atomic E-state index is 0.203. The number of hydrogen-bond acceptors (Lipinski definition) is 3. The Bertz CT molecular complexity index is 519. The number of aryl methyl sites for hydroxylation is 1. The molecule has 5 nitrogen and oxygen atoms in total. The molecule has 82 valence electrons. The number of nitrogens with zero attached hydrogens (tertiary/aromatic N) is 2. The summed E-state index contributed by atoms with van der Waals surface area (Å²) in [6.45, 7) is 1.97. The number of carbonyl (C=O) groups is 1. The molecule has 1 heterocycles. The molecule has 1 N–H and O–H groups in total. The average Bonchev–Trinajstić information content (AvgIpc) is 2.65. The van der Waals surface area contributed by atoms with Crippen LogP contribution in [0.1, 0.15) is 5.56 Å². The Hall–Kier alpha value is -2.30. The van der Waals surface area contributed by atoms with Crippen molar-refractivity contribution < 1.29 is 14.6 Å². The molecule has 0 unspecified atom stereocenters. The van der Waals surface area contributed by atoms with Gasteiger partial charge in [-0.2, -0.15) is 5.10 Å². The lowest BCUT2D eigenvalue weighted by molar-refractivity contribution is 0.144. The smallest absolute Gasteiger partial charge is 0.449 e. The van der Waals surface area contributed by atoms with Crippen molar-refractivity contribution in [3.05, 3.63) is 42.2 Å². The lowest BCUT2D eigenvalue weighted by Crippen LogP contribution is -2.01. The second-order valence-electron chi connectivity index (χ2n) is 3.33. The number of aromatic nitrogens is 2. The highest BCUT2D eigenvalue weighted by Gasteiger charge is 2.05. The predicted molar refractivity (Wildman–Crippen MR) is 57.0 cm³/mol. The van der Waals surface area contributed by atoms with Crippen molar-refractivity contribution in [2.24, 2.45) is 0 Å². The molecule has 0 saturated carbocycles. The molecule has 16 heavy (non-hydrogen) atoms. The fraction of sp³-hybridized carbons (Fsp3) is 0.0909. The Balaban J connectivity index is 2.28. The highest BCUT2D eigenvalue weighted by atomic mass is 16.7. The van der Waals surface area contributed by atoms with Crippen LogP contribution in [0.3, 0.4) is 0 Å². The fourth-order valence-corrected chi connectivity index (χ4v) is 1.37. The molecule has 2 aromatic rings. The number of carboxylic acid groups (broad SMARTS) is 1. The summed E-state index contributed by atoms with van der Waals surface area (Å²) in [7, 11) is 0. The lowest BCUT2D eigenvalue weighted by Gasteiger charge is -2.01. The first-order valence-electron chi connectivity index (χ1n) is 4.67. The van der Waals surface area contributed by atoms with Gasteiger partial charge in [-0.3, -0.25) is 0 Å². The van der Waals surface area contributed by atoms with E-state index in [2.05, 4.69) is 9.84 Å². The Labute approximate surface area is 91.9 Å². The highest BCUT2D eigenvalue weighted by molar-refractivity contribution is 5.60. The van der Waals surface area contributed by atoms with E-state index < -0.39 is 6.16 Å². The van der Waals surface area contributed by atoms with Crippen molar-refractivity contribution in [3.8, 4) is 11.4 Å². The summed E-state index contributed by atoms with van der Waals surface area (Å²) in [5.41, 5.74) is 1.97. The zero-order chi connectivity index (χ0) is 11.5. The van der Waals surface area contributed by atoms with Crippen molar-refractivity contribution in [1.82, 2.24) is 9.78 Å². The van der Waals surface area contributed by atoms with Crippen LogP contribution >= 0.6 is 0 Å². The summed E-state index contributed by atoms with van der Waals surface area (Å²) in [5.74, 6) is 0.203. The first kappa shape index (κ1) is 10.2. The second-order valence-corrected chi connectivity index (χ2v) is 3.33. The predicted octanol–water partition coefficient (Wildman–Crippen LogP) is 2.24. The van der Waals surface area contributed by atoms with Crippen molar-refractivity contribution in [1.29, 1.82) is 0 Å². The molecule has 0 aliphatic carbocycles. The van der Waals surface area contributed by atoms with Gasteiger partial charge in [-0.05, 0) is 24.6 Å². The van der Waals surface area contributed by atoms with E-state index in [9.17, 15) is 4.79 Å². The molecular weight excluding hydrogens is 208 g/mol. The topological polar surface area (TPSA) is 64.3 Å². The first-order valence-corrected chi connectivity index (χ1v) is 4.67. The number of rotatable bonds is 2. The Morgan fingerprint density at radius 3 is 3.00 bits per heavy atom. The Kier molecular flexibility index (Phi) is 2.59. The number of benzene rings is 1. The van der Waals surface area contributed by atoms with Gasteiger partial charge in [0.25, 0.3) is 0 Å². The molecule has 0 radical (unpaired) electrons. The Morgan fingerprint density at radius 2 is 2.31 bits per heavy atom. The van der Waals surface area contributed by atoms with Crippen LogP contribution in [0.4, 0.5) is 4.79 Å². The Morgan fingerprint density at radius 1 is 1.50 bits per heavy atom. The van der Waals surface area contributed by atoms with Crippen molar-refractivity contribution in [2.75, 3.05) is 0 Å². The maximum absolute atomic E-state index is 10.3. The van der Waals surface area contributed by atoms with Crippen LogP contribution in [0.5, 0.6) is 5.75 Å². The van der Waals surface area contributed by atoms with E-state index in [1.165, 1.54) is 12.4 Å². The average molecular weight is 218 g/mol. The van der Waals surface area contributed by atoms with Gasteiger partial charge < -0.3 is 9.84 Å². The van der Waals surface area contributed by atoms with Crippen molar-refractivity contribution in [2.45, 2.75) is 6.92 Å². The molecule has 2 rings (SSSR count). The summed E-state index contributed by atoms with van der Waals surface area (Å²) in [6.07, 6.45) is 1.53. The van der Waals surface area contributed by atoms with Crippen LogP contribution in [0.2, 0.25) is 0 Å². The van der Waals surface area contributed by atoms with E-state index in [0.717, 1.165) is 11.3 Å². The molecule has 0 amide bonds. The maximum Gasteiger partial charge on any atom is 0.511 e. The van der Waals surface area contributed by atoms with Gasteiger partial charge in [-0.15, -0.1) is 0 Å². The van der Waals surface area contributed by atoms with Gasteiger partial charge in [0, 0.05) is 0 Å². The van der Waals surface area contributed by atoms with Crippen molar-refractivity contribution >= 4 is 6.16 Å². The van der Waals surface area contributed by atoms with Gasteiger partial charge in [0.15, 0.2) is 5.75 Å². The normalized spacial score (nSPS) is 10.1. The molecule has 5 heteroatoms. The number of hydrogen-bond donors (Lipinski definition) is 1. The summed E-state index contributed by atoms with van der Waals surface area (Å²) in [5, 5.41) is 12.4. The van der Waals surface area contributed by atoms with Gasteiger partial charge >= 0.3 is 6.16 Å². The quantitative estimate of drug-likeness (QED) is 0.785. The van der Waals surface area contributed by atoms with Crippen LogP contribution in [-0.4, -0.2) is 21.0 Å². The van der Waals surface area contributed by atoms with Crippen LogP contribution < -0.4 is 4.74 Å². The molecule has 0 saturated heterocycles. The molecule has 0 spiro atoms. The SMILES string of the molecule is Cc1cccc(-n2cc(OC(=O)O)cn2)c1. The van der Waals surface area contributed by atoms with E-state index in [1.54, 1.807) is 4.68 Å². The minimum Gasteiger partial charge on any atom is -0.449 e. The molecule has 0 atom stereocenters. The first-order chi connectivity index (χ1) is 7.65. The van der Waals surface area contributed by atoms with Crippen LogP contribution in [0.15, 0.2) is 36.7 Å². The summed E-state index contributed by atoms with van der Waals surface area (Å²) in [6, 6.07) is 7.70. The summed E-state index contributed by atoms with van der Waals surface area (Å²) in [4.78, 5) is 10.3. The molecule has 1 aromatic carbocycles. The second kappa shape index (κ2) is 4.06. The minimum atomic E-state index is -1.34. The van der Waals surface area contributed by atoms with Gasteiger partial charge in [-0.25, -0.2) is 9.48 Å². The van der Waals surface area contributed by atoms with E-state index >= 15 is 0 Å². The molecule has 0 fully saturated rings. The van der Waals surface area contributed by atoms with E-state index in [-0.39, 0.29) is 5.75 Å². The molecule has 1 aromatic heterocycles. The summed E-state index contributed by atoms with van der Waals surface area (Å²) >= 11 is 0. The monoisotopic (exact) mass is 218 g/mol. The largest absolute Gasteiger partial charge is 0.511 e. The summed E-state index contributed by atoms with van der Waals surface area (Å²) < 4.78 is 6.04. The van der Waals surface area contributed by atoms with Crippen LogP contribution in [0, 0.1) is 6.92 Å². The number of ether oxygens (including phenoxy) is 1. The van der Waals surface area contributed by atoms with Gasteiger partial charge in [0.1, 0.15) is 0 Å². The molecule has 0 aliphatic heterocycles. The molecule has 0 bridgehead atoms. The third kappa shape index (κ3) is 2.20. The van der Waals surface area contributed by atoms with Gasteiger partial charge in [-0.1, -0.05) is 12.1 Å². The van der Waals surface area contributed by atoms with Crippen LogP contribution in [-0.2, 0) is 0 Å². The zero-order valence-electron chi connectivity index (χ0n) is 8.62. The maximum atomic E-state index is 10.3. The van der Waals surface area contributed by atoms with Crippen molar-refractivity contribution in [3.63, 3.8) is 0 Å². The van der Waals surface area contributed by atoms with Gasteiger partial charge in [0.2, 0.25) is 0 Å². The van der Waals surface area contributed by atoms with E-state index in [4.69, 9.17) is 5.11 Å². The fourth-order valence-electron chi connectivity index (χ4n) is 1.37. The van der Waals surface area contributed by atoms with E-state index in [1.807, 2.05) is 31.2 Å².